The molecule has 0 aliphatic heterocycles. The lowest BCUT2D eigenvalue weighted by Gasteiger charge is -1.96. The maximum Gasteiger partial charge on any atom is 0.159 e. The Morgan fingerprint density at radius 3 is 2.73 bits per heavy atom. The summed E-state index contributed by atoms with van der Waals surface area (Å²) in [6, 6.07) is 0. The molecule has 0 bridgehead atoms. The fourth-order valence-corrected chi connectivity index (χ4v) is 1.33. The molecule has 0 atom stereocenters. The number of terminal acetylenes is 1. The Morgan fingerprint density at radius 2 is 2.00 bits per heavy atom. The van der Waals surface area contributed by atoms with Crippen LogP contribution in [-0.4, -0.2) is 5.78 Å². The number of Topliss-reactive ketones (excluding diaryl/α,β-unsaturated/α-hetero) is 1. The van der Waals surface area contributed by atoms with Gasteiger partial charge in [0.05, 0.1) is 0 Å². The first-order valence-corrected chi connectivity index (χ1v) is 4.03. The number of carbonyl (C=O) groups is 1. The van der Waals surface area contributed by atoms with Crippen molar-refractivity contribution < 1.29 is 4.79 Å². The van der Waals surface area contributed by atoms with Crippen molar-refractivity contribution in [1.29, 1.82) is 0 Å². The highest BCUT2D eigenvalue weighted by molar-refractivity contribution is 5.95. The number of carbonyl (C=O) groups excluding carboxylic acids is 1. The highest BCUT2D eigenvalue weighted by Gasteiger charge is 2.11. The van der Waals surface area contributed by atoms with Gasteiger partial charge < -0.3 is 0 Å². The summed E-state index contributed by atoms with van der Waals surface area (Å²) in [7, 11) is 0. The standard InChI is InChI=1S/C10H12O/c1-2-6-9-7-4-3-5-8-10(9)11/h1,6H,3-5,7-8H2/b9-6+. The van der Waals surface area contributed by atoms with Crippen LogP contribution in [0.4, 0.5) is 0 Å². The average molecular weight is 148 g/mol. The van der Waals surface area contributed by atoms with E-state index in [-0.39, 0.29) is 5.78 Å². The molecule has 0 saturated heterocycles. The van der Waals surface area contributed by atoms with Crippen LogP contribution in [0.3, 0.4) is 0 Å². The van der Waals surface area contributed by atoms with Gasteiger partial charge in [-0.1, -0.05) is 12.3 Å². The molecule has 1 aliphatic carbocycles. The van der Waals surface area contributed by atoms with E-state index in [1.54, 1.807) is 6.08 Å². The van der Waals surface area contributed by atoms with Crippen LogP contribution in [0.15, 0.2) is 11.6 Å². The topological polar surface area (TPSA) is 17.1 Å². The minimum atomic E-state index is 0.250. The van der Waals surface area contributed by atoms with E-state index in [2.05, 4.69) is 5.92 Å². The SMILES string of the molecule is C#C/C=C1\CCCCCC1=O. The van der Waals surface area contributed by atoms with Gasteiger partial charge in [0.15, 0.2) is 5.78 Å². The number of hydrogen-bond donors (Lipinski definition) is 0. The van der Waals surface area contributed by atoms with Crippen LogP contribution >= 0.6 is 0 Å². The van der Waals surface area contributed by atoms with Gasteiger partial charge in [-0.2, -0.15) is 0 Å². The molecule has 0 N–H and O–H groups in total. The van der Waals surface area contributed by atoms with Gasteiger partial charge in [-0.3, -0.25) is 4.79 Å². The molecular weight excluding hydrogens is 136 g/mol. The second-order valence-corrected chi connectivity index (χ2v) is 2.82. The third-order valence-electron chi connectivity index (χ3n) is 1.97. The molecule has 1 aliphatic rings. The molecule has 0 aromatic heterocycles. The second-order valence-electron chi connectivity index (χ2n) is 2.82. The quantitative estimate of drug-likeness (QED) is 0.292. The normalized spacial score (nSPS) is 22.8. The van der Waals surface area contributed by atoms with Gasteiger partial charge in [0, 0.05) is 12.0 Å². The van der Waals surface area contributed by atoms with Crippen molar-refractivity contribution in [3.8, 4) is 12.3 Å². The Balaban J connectivity index is 2.69. The maximum atomic E-state index is 11.2. The summed E-state index contributed by atoms with van der Waals surface area (Å²) in [5.41, 5.74) is 0.852. The summed E-state index contributed by atoms with van der Waals surface area (Å²) in [6.45, 7) is 0. The Labute approximate surface area is 67.5 Å². The Morgan fingerprint density at radius 1 is 1.27 bits per heavy atom. The summed E-state index contributed by atoms with van der Waals surface area (Å²) in [6.07, 6.45) is 11.6. The van der Waals surface area contributed by atoms with Crippen LogP contribution in [-0.2, 0) is 4.79 Å². The van der Waals surface area contributed by atoms with Crippen LogP contribution in [0.25, 0.3) is 0 Å². The lowest BCUT2D eigenvalue weighted by molar-refractivity contribution is -0.115. The Bertz CT molecular complexity index is 218. The number of rotatable bonds is 0. The van der Waals surface area contributed by atoms with E-state index >= 15 is 0 Å². The fraction of sp³-hybridized carbons (Fsp3) is 0.500. The molecular formula is C10H12O. The second kappa shape index (κ2) is 3.98. The monoisotopic (exact) mass is 148 g/mol. The third kappa shape index (κ3) is 2.23. The lowest BCUT2D eigenvalue weighted by atomic mass is 10.1. The van der Waals surface area contributed by atoms with Gasteiger partial charge in [-0.05, 0) is 25.3 Å². The first kappa shape index (κ1) is 8.07. The molecule has 58 valence electrons. The Hall–Kier alpha value is -1.03. The molecule has 1 saturated carbocycles. The van der Waals surface area contributed by atoms with Crippen molar-refractivity contribution in [2.75, 3.05) is 0 Å². The van der Waals surface area contributed by atoms with E-state index in [9.17, 15) is 4.79 Å². The highest BCUT2D eigenvalue weighted by atomic mass is 16.1. The average Bonchev–Trinajstić information content (AvgIpc) is 2.18. The zero-order valence-corrected chi connectivity index (χ0v) is 6.60. The molecule has 1 nitrogen and oxygen atoms in total. The molecule has 11 heavy (non-hydrogen) atoms. The smallest absolute Gasteiger partial charge is 0.159 e. The van der Waals surface area contributed by atoms with Crippen molar-refractivity contribution in [1.82, 2.24) is 0 Å². The molecule has 1 fully saturated rings. The van der Waals surface area contributed by atoms with Gasteiger partial charge in [-0.25, -0.2) is 0 Å². The molecule has 0 amide bonds. The van der Waals surface area contributed by atoms with Gasteiger partial charge in [0.2, 0.25) is 0 Å². The summed E-state index contributed by atoms with van der Waals surface area (Å²) < 4.78 is 0. The van der Waals surface area contributed by atoms with Gasteiger partial charge in [0.1, 0.15) is 0 Å². The van der Waals surface area contributed by atoms with Crippen LogP contribution in [0.2, 0.25) is 0 Å². The van der Waals surface area contributed by atoms with E-state index in [1.807, 2.05) is 0 Å². The summed E-state index contributed by atoms with van der Waals surface area (Å²) in [5, 5.41) is 0. The molecule has 0 spiro atoms. The molecule has 0 aromatic rings. The van der Waals surface area contributed by atoms with Crippen molar-refractivity contribution in [2.45, 2.75) is 32.1 Å². The van der Waals surface area contributed by atoms with Crippen LogP contribution < -0.4 is 0 Å². The first-order chi connectivity index (χ1) is 5.34. The van der Waals surface area contributed by atoms with Crippen LogP contribution in [0, 0.1) is 12.3 Å². The highest BCUT2D eigenvalue weighted by Crippen LogP contribution is 2.18. The number of allylic oxidation sites excluding steroid dienone is 2. The summed E-state index contributed by atoms with van der Waals surface area (Å²) in [5.74, 6) is 2.66. The predicted molar refractivity (Wildman–Crippen MR) is 45.0 cm³/mol. The number of hydrogen-bond acceptors (Lipinski definition) is 1. The van der Waals surface area contributed by atoms with Crippen molar-refractivity contribution >= 4 is 5.78 Å². The number of ketones is 1. The zero-order valence-electron chi connectivity index (χ0n) is 6.60. The van der Waals surface area contributed by atoms with E-state index < -0.39 is 0 Å². The predicted octanol–water partition coefficient (Wildman–Crippen LogP) is 2.08. The van der Waals surface area contributed by atoms with Gasteiger partial charge >= 0.3 is 0 Å². The molecule has 0 unspecified atom stereocenters. The third-order valence-corrected chi connectivity index (χ3v) is 1.97. The largest absolute Gasteiger partial charge is 0.295 e. The minimum absolute atomic E-state index is 0.250. The summed E-state index contributed by atoms with van der Waals surface area (Å²) >= 11 is 0. The lowest BCUT2D eigenvalue weighted by Crippen LogP contribution is -1.98. The molecule has 1 rings (SSSR count). The van der Waals surface area contributed by atoms with E-state index in [0.29, 0.717) is 6.42 Å². The first-order valence-electron chi connectivity index (χ1n) is 4.03. The maximum absolute atomic E-state index is 11.2. The fourth-order valence-electron chi connectivity index (χ4n) is 1.33. The minimum Gasteiger partial charge on any atom is -0.295 e. The molecule has 1 heteroatoms. The van der Waals surface area contributed by atoms with Crippen molar-refractivity contribution in [3.63, 3.8) is 0 Å². The van der Waals surface area contributed by atoms with Crippen LogP contribution in [0.5, 0.6) is 0 Å². The van der Waals surface area contributed by atoms with Crippen molar-refractivity contribution in [3.05, 3.63) is 11.6 Å². The van der Waals surface area contributed by atoms with Crippen LogP contribution in [0.1, 0.15) is 32.1 Å². The van der Waals surface area contributed by atoms with Crippen molar-refractivity contribution in [2.24, 2.45) is 0 Å². The zero-order chi connectivity index (χ0) is 8.10. The van der Waals surface area contributed by atoms with E-state index in [0.717, 1.165) is 31.3 Å². The van der Waals surface area contributed by atoms with Gasteiger partial charge in [-0.15, -0.1) is 6.42 Å². The molecule has 0 heterocycles. The van der Waals surface area contributed by atoms with E-state index in [1.165, 1.54) is 0 Å². The summed E-state index contributed by atoms with van der Waals surface area (Å²) in [4.78, 5) is 11.2. The van der Waals surface area contributed by atoms with Gasteiger partial charge in [0.25, 0.3) is 0 Å². The van der Waals surface area contributed by atoms with E-state index in [4.69, 9.17) is 6.42 Å². The molecule has 0 radical (unpaired) electrons. The molecule has 0 aromatic carbocycles. The Kier molecular flexibility index (Phi) is 2.92.